The van der Waals surface area contributed by atoms with Crippen LogP contribution in [0, 0.1) is 0 Å². The van der Waals surface area contributed by atoms with E-state index in [0.717, 1.165) is 11.3 Å². The molecule has 0 spiro atoms. The number of rotatable bonds is 8. The average molecular weight is 335 g/mol. The molecule has 1 aliphatic rings. The molecule has 2 N–H and O–H groups in total. The third-order valence-corrected chi connectivity index (χ3v) is 3.97. The molecule has 1 heterocycles. The van der Waals surface area contributed by atoms with Crippen molar-refractivity contribution in [3.8, 4) is 5.75 Å². The molecule has 1 aromatic rings. The quantitative estimate of drug-likeness (QED) is 0.661. The van der Waals surface area contributed by atoms with E-state index in [1.54, 1.807) is 14.2 Å². The number of piperazine rings is 1. The highest BCUT2D eigenvalue weighted by Gasteiger charge is 2.31. The van der Waals surface area contributed by atoms with Crippen LogP contribution >= 0.6 is 0 Å². The van der Waals surface area contributed by atoms with Gasteiger partial charge in [-0.25, -0.2) is 0 Å². The number of nitrogens with zero attached hydrogens (tertiary/aromatic N) is 1. The van der Waals surface area contributed by atoms with E-state index in [1.807, 2.05) is 29.2 Å². The van der Waals surface area contributed by atoms with Crippen LogP contribution in [-0.4, -0.2) is 63.2 Å². The van der Waals surface area contributed by atoms with E-state index in [-0.39, 0.29) is 18.2 Å². The van der Waals surface area contributed by atoms with Crippen LogP contribution in [0.3, 0.4) is 0 Å². The van der Waals surface area contributed by atoms with Crippen LogP contribution in [-0.2, 0) is 20.9 Å². The van der Waals surface area contributed by atoms with Gasteiger partial charge in [0, 0.05) is 33.3 Å². The molecule has 2 rings (SSSR count). The molecule has 0 bridgehead atoms. The molecule has 24 heavy (non-hydrogen) atoms. The van der Waals surface area contributed by atoms with E-state index in [9.17, 15) is 9.59 Å². The van der Waals surface area contributed by atoms with Gasteiger partial charge in [0.15, 0.2) is 0 Å². The lowest BCUT2D eigenvalue weighted by Crippen LogP contribution is -2.56. The highest BCUT2D eigenvalue weighted by Crippen LogP contribution is 2.17. The molecule has 0 radical (unpaired) electrons. The number of carbonyl (C=O) groups is 2. The molecule has 1 atom stereocenters. The Balaban J connectivity index is 1.99. The zero-order chi connectivity index (χ0) is 17.4. The minimum atomic E-state index is -0.465. The van der Waals surface area contributed by atoms with E-state index in [0.29, 0.717) is 32.8 Å². The number of methoxy groups -OCH3 is 2. The van der Waals surface area contributed by atoms with Crippen LogP contribution in [0.2, 0.25) is 0 Å². The van der Waals surface area contributed by atoms with E-state index in [2.05, 4.69) is 10.6 Å². The zero-order valence-electron chi connectivity index (χ0n) is 14.2. The highest BCUT2D eigenvalue weighted by molar-refractivity contribution is 5.88. The van der Waals surface area contributed by atoms with Gasteiger partial charge >= 0.3 is 0 Å². The van der Waals surface area contributed by atoms with Gasteiger partial charge in [-0.2, -0.15) is 0 Å². The van der Waals surface area contributed by atoms with Crippen molar-refractivity contribution in [3.63, 3.8) is 0 Å². The molecule has 7 nitrogen and oxygen atoms in total. The van der Waals surface area contributed by atoms with E-state index >= 15 is 0 Å². The molecule has 0 aliphatic carbocycles. The van der Waals surface area contributed by atoms with Gasteiger partial charge in [-0.1, -0.05) is 12.1 Å². The van der Waals surface area contributed by atoms with Gasteiger partial charge in [0.1, 0.15) is 5.75 Å². The fourth-order valence-corrected chi connectivity index (χ4v) is 2.72. The van der Waals surface area contributed by atoms with Crippen LogP contribution < -0.4 is 15.4 Å². The standard InChI is InChI=1S/C17H25N3O4/c1-23-9-7-18-16(21)11-15-17(22)19-6-8-20(15)12-13-4-3-5-14(10-13)24-2/h3-5,10,15H,6-9,11-12H2,1-2H3,(H,18,21)(H,19,22)/t15-/m1/s1. The van der Waals surface area contributed by atoms with E-state index in [1.165, 1.54) is 0 Å². The number of benzene rings is 1. The monoisotopic (exact) mass is 335 g/mol. The Hall–Kier alpha value is -2.12. The Labute approximate surface area is 142 Å². The number of hydrogen-bond acceptors (Lipinski definition) is 5. The van der Waals surface area contributed by atoms with Crippen molar-refractivity contribution < 1.29 is 19.1 Å². The number of carbonyl (C=O) groups excluding carboxylic acids is 2. The maximum Gasteiger partial charge on any atom is 0.237 e. The molecule has 0 unspecified atom stereocenters. The molecular weight excluding hydrogens is 310 g/mol. The molecule has 1 fully saturated rings. The van der Waals surface area contributed by atoms with E-state index in [4.69, 9.17) is 9.47 Å². The molecule has 1 aliphatic heterocycles. The summed E-state index contributed by atoms with van der Waals surface area (Å²) < 4.78 is 10.1. The molecule has 0 aromatic heterocycles. The molecule has 2 amide bonds. The lowest BCUT2D eigenvalue weighted by atomic mass is 10.1. The maximum absolute atomic E-state index is 12.2. The van der Waals surface area contributed by atoms with Crippen molar-refractivity contribution in [2.45, 2.75) is 19.0 Å². The predicted octanol–water partition coefficient (Wildman–Crippen LogP) is 0.148. The fourth-order valence-electron chi connectivity index (χ4n) is 2.72. The van der Waals surface area contributed by atoms with Crippen LogP contribution in [0.25, 0.3) is 0 Å². The Morgan fingerprint density at radius 1 is 1.42 bits per heavy atom. The summed E-state index contributed by atoms with van der Waals surface area (Å²) in [6.07, 6.45) is 0.138. The van der Waals surface area contributed by atoms with Gasteiger partial charge in [0.05, 0.1) is 26.2 Å². The summed E-state index contributed by atoms with van der Waals surface area (Å²) in [4.78, 5) is 26.3. The summed E-state index contributed by atoms with van der Waals surface area (Å²) >= 11 is 0. The van der Waals surface area contributed by atoms with Crippen LogP contribution in [0.15, 0.2) is 24.3 Å². The number of hydrogen-bond donors (Lipinski definition) is 2. The molecule has 1 aromatic carbocycles. The second-order valence-corrected chi connectivity index (χ2v) is 5.68. The summed E-state index contributed by atoms with van der Waals surface area (Å²) in [6, 6.07) is 7.28. The van der Waals surface area contributed by atoms with Crippen molar-refractivity contribution in [2.24, 2.45) is 0 Å². The van der Waals surface area contributed by atoms with Gasteiger partial charge in [0.25, 0.3) is 0 Å². The van der Waals surface area contributed by atoms with Crippen LogP contribution in [0.1, 0.15) is 12.0 Å². The van der Waals surface area contributed by atoms with Gasteiger partial charge in [-0.15, -0.1) is 0 Å². The Bertz CT molecular complexity index is 565. The smallest absolute Gasteiger partial charge is 0.237 e. The largest absolute Gasteiger partial charge is 0.497 e. The molecule has 132 valence electrons. The summed E-state index contributed by atoms with van der Waals surface area (Å²) in [7, 11) is 3.21. The number of nitrogens with one attached hydrogen (secondary N) is 2. The first-order valence-corrected chi connectivity index (χ1v) is 8.04. The third-order valence-electron chi connectivity index (χ3n) is 3.97. The Morgan fingerprint density at radius 3 is 3.00 bits per heavy atom. The Morgan fingerprint density at radius 2 is 2.25 bits per heavy atom. The van der Waals surface area contributed by atoms with Crippen molar-refractivity contribution >= 4 is 11.8 Å². The normalized spacial score (nSPS) is 18.1. The van der Waals surface area contributed by atoms with Crippen molar-refractivity contribution in [2.75, 3.05) is 40.5 Å². The van der Waals surface area contributed by atoms with Gasteiger partial charge in [-0.05, 0) is 17.7 Å². The summed E-state index contributed by atoms with van der Waals surface area (Å²) in [5.74, 6) is 0.526. The first-order valence-electron chi connectivity index (χ1n) is 8.04. The fraction of sp³-hybridized carbons (Fsp3) is 0.529. The lowest BCUT2D eigenvalue weighted by Gasteiger charge is -2.34. The molecule has 1 saturated heterocycles. The van der Waals surface area contributed by atoms with Crippen molar-refractivity contribution in [3.05, 3.63) is 29.8 Å². The SMILES string of the molecule is COCCNC(=O)C[C@@H]1C(=O)NCCN1Cc1cccc(OC)c1. The predicted molar refractivity (Wildman–Crippen MR) is 89.7 cm³/mol. The van der Waals surface area contributed by atoms with Gasteiger partial charge < -0.3 is 20.1 Å². The molecule has 0 saturated carbocycles. The Kier molecular flexibility index (Phi) is 7.02. The minimum Gasteiger partial charge on any atom is -0.497 e. The number of ether oxygens (including phenoxy) is 2. The first-order chi connectivity index (χ1) is 11.6. The zero-order valence-corrected chi connectivity index (χ0v) is 14.2. The molecular formula is C17H25N3O4. The highest BCUT2D eigenvalue weighted by atomic mass is 16.5. The minimum absolute atomic E-state index is 0.106. The second-order valence-electron chi connectivity index (χ2n) is 5.68. The first kappa shape index (κ1) is 18.2. The van der Waals surface area contributed by atoms with Gasteiger partial charge in [-0.3, -0.25) is 14.5 Å². The third kappa shape index (κ3) is 5.21. The second kappa shape index (κ2) is 9.24. The maximum atomic E-state index is 12.2. The number of amides is 2. The summed E-state index contributed by atoms with van der Waals surface area (Å²) in [6.45, 7) is 2.79. The molecule has 7 heteroatoms. The summed E-state index contributed by atoms with van der Waals surface area (Å²) in [5, 5.41) is 5.60. The van der Waals surface area contributed by atoms with Crippen molar-refractivity contribution in [1.82, 2.24) is 15.5 Å². The average Bonchev–Trinajstić information content (AvgIpc) is 2.58. The lowest BCUT2D eigenvalue weighted by molar-refractivity contribution is -0.134. The topological polar surface area (TPSA) is 79.9 Å². The van der Waals surface area contributed by atoms with Crippen LogP contribution in [0.5, 0.6) is 5.75 Å². The van der Waals surface area contributed by atoms with Crippen molar-refractivity contribution in [1.29, 1.82) is 0 Å². The van der Waals surface area contributed by atoms with Crippen LogP contribution in [0.4, 0.5) is 0 Å². The summed E-state index contributed by atoms with van der Waals surface area (Å²) in [5.41, 5.74) is 1.05. The van der Waals surface area contributed by atoms with Gasteiger partial charge in [0.2, 0.25) is 11.8 Å². The van der Waals surface area contributed by atoms with E-state index < -0.39 is 6.04 Å².